The molecule has 1 N–H and O–H groups in total. The Bertz CT molecular complexity index is 474. The summed E-state index contributed by atoms with van der Waals surface area (Å²) < 4.78 is -1.12. The maximum atomic E-state index is 12.0. The molecule has 1 aromatic rings. The summed E-state index contributed by atoms with van der Waals surface area (Å²) in [6, 6.07) is 7.19. The number of amides is 1. The van der Waals surface area contributed by atoms with E-state index in [0.717, 1.165) is 5.69 Å². The van der Waals surface area contributed by atoms with Crippen LogP contribution in [0.1, 0.15) is 12.0 Å². The van der Waals surface area contributed by atoms with Crippen LogP contribution in [0.5, 0.6) is 0 Å². The maximum absolute atomic E-state index is 12.0. The minimum Gasteiger partial charge on any atom is -0.481 e. The number of fused-ring (bicyclic) bond motifs is 1. The number of hydrogen-bond donors (Lipinski definition) is 1. The topological polar surface area (TPSA) is 57.6 Å². The van der Waals surface area contributed by atoms with Crippen LogP contribution in [-0.2, 0) is 13.9 Å². The highest BCUT2D eigenvalue weighted by Gasteiger charge is 2.49. The summed E-state index contributed by atoms with van der Waals surface area (Å²) in [6.45, 7) is 0. The normalized spacial score (nSPS) is 23.4. The number of halogens is 1. The summed E-state index contributed by atoms with van der Waals surface area (Å²) in [4.78, 5) is 24.3. The number of benzene rings is 1. The molecule has 1 aliphatic heterocycles. The third-order valence-electron chi connectivity index (χ3n) is 2.73. The third-order valence-corrected chi connectivity index (χ3v) is 3.78. The van der Waals surface area contributed by atoms with E-state index in [1.165, 1.54) is 4.90 Å². The van der Waals surface area contributed by atoms with Crippen LogP contribution in [0.4, 0.5) is 5.69 Å². The Morgan fingerprint density at radius 1 is 1.50 bits per heavy atom. The molecular weight excluding hydrogens is 274 g/mol. The van der Waals surface area contributed by atoms with E-state index in [-0.39, 0.29) is 12.3 Å². The zero-order chi connectivity index (χ0) is 11.9. The molecule has 0 aliphatic carbocycles. The van der Waals surface area contributed by atoms with Gasteiger partial charge >= 0.3 is 5.97 Å². The summed E-state index contributed by atoms with van der Waals surface area (Å²) in [5.41, 5.74) is 1.47. The fraction of sp³-hybridized carbons (Fsp3) is 0.273. The van der Waals surface area contributed by atoms with E-state index < -0.39 is 10.3 Å². The van der Waals surface area contributed by atoms with Gasteiger partial charge < -0.3 is 10.0 Å². The van der Waals surface area contributed by atoms with Crippen molar-refractivity contribution in [2.24, 2.45) is 0 Å². The van der Waals surface area contributed by atoms with Crippen molar-refractivity contribution >= 4 is 33.5 Å². The lowest BCUT2D eigenvalue weighted by Crippen LogP contribution is -2.35. The summed E-state index contributed by atoms with van der Waals surface area (Å²) >= 11 is 3.28. The number of aliphatic carboxylic acids is 1. The van der Waals surface area contributed by atoms with E-state index in [1.54, 1.807) is 25.2 Å². The van der Waals surface area contributed by atoms with Gasteiger partial charge in [0, 0.05) is 18.3 Å². The van der Waals surface area contributed by atoms with Crippen molar-refractivity contribution in [1.29, 1.82) is 0 Å². The second-order valence-corrected chi connectivity index (χ2v) is 5.11. The molecule has 0 radical (unpaired) electrons. The molecule has 1 heterocycles. The van der Waals surface area contributed by atoms with Crippen LogP contribution in [0.2, 0.25) is 0 Å². The Kier molecular flexibility index (Phi) is 2.50. The fourth-order valence-corrected chi connectivity index (χ4v) is 2.81. The number of rotatable bonds is 2. The molecule has 4 nitrogen and oxygen atoms in total. The largest absolute Gasteiger partial charge is 0.481 e. The summed E-state index contributed by atoms with van der Waals surface area (Å²) in [6.07, 6.45) is -0.257. The molecular formula is C11H10BrNO3. The summed E-state index contributed by atoms with van der Waals surface area (Å²) in [7, 11) is 1.64. The first-order valence-electron chi connectivity index (χ1n) is 4.75. The van der Waals surface area contributed by atoms with Gasteiger partial charge in [0.25, 0.3) is 0 Å². The van der Waals surface area contributed by atoms with E-state index in [2.05, 4.69) is 15.9 Å². The Morgan fingerprint density at radius 2 is 2.12 bits per heavy atom. The molecule has 0 bridgehead atoms. The van der Waals surface area contributed by atoms with Crippen LogP contribution in [-0.4, -0.2) is 24.0 Å². The van der Waals surface area contributed by atoms with Crippen LogP contribution < -0.4 is 4.90 Å². The minimum atomic E-state index is -1.12. The Hall–Kier alpha value is -1.36. The van der Waals surface area contributed by atoms with Gasteiger partial charge in [-0.15, -0.1) is 0 Å². The molecule has 16 heavy (non-hydrogen) atoms. The van der Waals surface area contributed by atoms with Gasteiger partial charge in [0.05, 0.1) is 6.42 Å². The Balaban J connectivity index is 2.56. The quantitative estimate of drug-likeness (QED) is 0.841. The number of carboxylic acids is 1. The Labute approximate surface area is 101 Å². The van der Waals surface area contributed by atoms with E-state index in [0.29, 0.717) is 5.56 Å². The number of carboxylic acid groups (broad SMARTS) is 1. The number of hydrogen-bond acceptors (Lipinski definition) is 2. The van der Waals surface area contributed by atoms with Crippen LogP contribution in [0.25, 0.3) is 0 Å². The van der Waals surface area contributed by atoms with Crippen LogP contribution in [0.3, 0.4) is 0 Å². The average Bonchev–Trinajstić information content (AvgIpc) is 2.42. The van der Waals surface area contributed by atoms with Crippen molar-refractivity contribution in [3.8, 4) is 0 Å². The minimum absolute atomic E-state index is 0.240. The van der Waals surface area contributed by atoms with Crippen molar-refractivity contribution in [1.82, 2.24) is 0 Å². The average molecular weight is 284 g/mol. The van der Waals surface area contributed by atoms with Gasteiger partial charge in [0.1, 0.15) is 4.32 Å². The SMILES string of the molecule is CN1C(=O)C(Br)(CC(=O)O)c2ccccc21. The zero-order valence-corrected chi connectivity index (χ0v) is 10.2. The summed E-state index contributed by atoms with van der Waals surface area (Å²) in [5, 5.41) is 8.87. The molecule has 0 saturated heterocycles. The number of carbonyl (C=O) groups excluding carboxylic acids is 1. The molecule has 5 heteroatoms. The van der Waals surface area contributed by atoms with Gasteiger partial charge in [-0.2, -0.15) is 0 Å². The van der Waals surface area contributed by atoms with Crippen molar-refractivity contribution in [3.63, 3.8) is 0 Å². The highest BCUT2D eigenvalue weighted by molar-refractivity contribution is 9.10. The maximum Gasteiger partial charge on any atom is 0.305 e. The standard InChI is InChI=1S/C11H10BrNO3/c1-13-8-5-3-2-4-7(8)11(12,10(13)16)6-9(14)15/h2-5H,6H2,1H3,(H,14,15). The highest BCUT2D eigenvalue weighted by Crippen LogP contribution is 2.47. The van der Waals surface area contributed by atoms with Crippen molar-refractivity contribution in [2.75, 3.05) is 11.9 Å². The third kappa shape index (κ3) is 1.43. The second-order valence-electron chi connectivity index (χ2n) is 3.75. The number of para-hydroxylation sites is 1. The molecule has 2 rings (SSSR count). The summed E-state index contributed by atoms with van der Waals surface area (Å²) in [5.74, 6) is -1.24. The molecule has 0 aromatic heterocycles. The molecule has 1 unspecified atom stereocenters. The van der Waals surface area contributed by atoms with Crippen LogP contribution >= 0.6 is 15.9 Å². The van der Waals surface area contributed by atoms with Gasteiger partial charge in [-0.25, -0.2) is 0 Å². The first-order chi connectivity index (χ1) is 7.47. The lowest BCUT2D eigenvalue weighted by Gasteiger charge is -2.18. The van der Waals surface area contributed by atoms with Gasteiger partial charge in [-0.05, 0) is 6.07 Å². The number of anilines is 1. The van der Waals surface area contributed by atoms with Crippen molar-refractivity contribution < 1.29 is 14.7 Å². The van der Waals surface area contributed by atoms with Gasteiger partial charge in [-0.3, -0.25) is 9.59 Å². The number of likely N-dealkylation sites (N-methyl/N-ethyl adjacent to an activating group) is 1. The fourth-order valence-electron chi connectivity index (χ4n) is 1.97. The molecule has 1 aromatic carbocycles. The number of nitrogens with zero attached hydrogens (tertiary/aromatic N) is 1. The molecule has 0 spiro atoms. The van der Waals surface area contributed by atoms with Crippen molar-refractivity contribution in [3.05, 3.63) is 29.8 Å². The van der Waals surface area contributed by atoms with Gasteiger partial charge in [0.2, 0.25) is 5.91 Å². The Morgan fingerprint density at radius 3 is 2.75 bits per heavy atom. The number of alkyl halides is 1. The highest BCUT2D eigenvalue weighted by atomic mass is 79.9. The molecule has 84 valence electrons. The van der Waals surface area contributed by atoms with E-state index in [4.69, 9.17) is 5.11 Å². The zero-order valence-electron chi connectivity index (χ0n) is 8.61. The van der Waals surface area contributed by atoms with E-state index in [1.807, 2.05) is 6.07 Å². The molecule has 1 aliphatic rings. The molecule has 0 fully saturated rings. The smallest absolute Gasteiger partial charge is 0.305 e. The predicted octanol–water partition coefficient (Wildman–Crippen LogP) is 1.73. The molecule has 1 atom stereocenters. The predicted molar refractivity (Wildman–Crippen MR) is 62.7 cm³/mol. The number of carbonyl (C=O) groups is 2. The lowest BCUT2D eigenvalue weighted by atomic mass is 9.97. The first-order valence-corrected chi connectivity index (χ1v) is 5.54. The van der Waals surface area contributed by atoms with E-state index >= 15 is 0 Å². The van der Waals surface area contributed by atoms with E-state index in [9.17, 15) is 9.59 Å². The van der Waals surface area contributed by atoms with Crippen molar-refractivity contribution in [2.45, 2.75) is 10.7 Å². The second kappa shape index (κ2) is 3.59. The monoisotopic (exact) mass is 283 g/mol. The molecule has 0 saturated carbocycles. The van der Waals surface area contributed by atoms with Crippen LogP contribution in [0, 0.1) is 0 Å². The van der Waals surface area contributed by atoms with Crippen LogP contribution in [0.15, 0.2) is 24.3 Å². The molecule has 1 amide bonds. The van der Waals surface area contributed by atoms with Gasteiger partial charge in [-0.1, -0.05) is 34.1 Å². The van der Waals surface area contributed by atoms with Gasteiger partial charge in [0.15, 0.2) is 0 Å². The lowest BCUT2D eigenvalue weighted by molar-refractivity contribution is -0.139. The first kappa shape index (κ1) is 11.1.